The summed E-state index contributed by atoms with van der Waals surface area (Å²) >= 11 is 0. The molecule has 18 heavy (non-hydrogen) atoms. The summed E-state index contributed by atoms with van der Waals surface area (Å²) in [7, 11) is 2.17. The molecule has 1 aromatic carbocycles. The van der Waals surface area contributed by atoms with Crippen molar-refractivity contribution in [1.82, 2.24) is 4.90 Å². The molecule has 0 aliphatic rings. The zero-order valence-corrected chi connectivity index (χ0v) is 11.7. The first-order valence-corrected chi connectivity index (χ1v) is 6.86. The molecular formula is C15H26N2O. The Bertz CT molecular complexity index is 311. The Morgan fingerprint density at radius 3 is 2.39 bits per heavy atom. The average molecular weight is 250 g/mol. The van der Waals surface area contributed by atoms with Crippen molar-refractivity contribution < 1.29 is 4.74 Å². The lowest BCUT2D eigenvalue weighted by molar-refractivity contribution is 0.261. The molecule has 0 saturated carbocycles. The molecule has 102 valence electrons. The van der Waals surface area contributed by atoms with Gasteiger partial charge in [0.2, 0.25) is 0 Å². The number of hydrogen-bond donors (Lipinski definition) is 1. The molecule has 3 nitrogen and oxygen atoms in total. The van der Waals surface area contributed by atoms with Crippen LogP contribution in [0, 0.1) is 0 Å². The van der Waals surface area contributed by atoms with Gasteiger partial charge in [0.05, 0.1) is 6.61 Å². The van der Waals surface area contributed by atoms with Gasteiger partial charge in [0.15, 0.2) is 0 Å². The maximum atomic E-state index is 5.69. The van der Waals surface area contributed by atoms with Gasteiger partial charge in [0.25, 0.3) is 0 Å². The molecule has 3 heteroatoms. The van der Waals surface area contributed by atoms with E-state index in [2.05, 4.69) is 18.9 Å². The van der Waals surface area contributed by atoms with Crippen molar-refractivity contribution in [2.75, 3.05) is 26.7 Å². The average Bonchev–Trinajstić information content (AvgIpc) is 2.42. The molecule has 0 fully saturated rings. The molecule has 0 unspecified atom stereocenters. The molecule has 0 aliphatic heterocycles. The third-order valence-electron chi connectivity index (χ3n) is 3.01. The molecule has 0 saturated heterocycles. The van der Waals surface area contributed by atoms with Gasteiger partial charge >= 0.3 is 0 Å². The maximum Gasteiger partial charge on any atom is 0.119 e. The fourth-order valence-electron chi connectivity index (χ4n) is 1.79. The summed E-state index contributed by atoms with van der Waals surface area (Å²) in [5.41, 5.74) is 6.69. The molecule has 0 amide bonds. The Morgan fingerprint density at radius 2 is 1.78 bits per heavy atom. The Morgan fingerprint density at radius 1 is 1.11 bits per heavy atom. The van der Waals surface area contributed by atoms with Crippen molar-refractivity contribution >= 4 is 0 Å². The number of nitrogens with two attached hydrogens (primary N) is 1. The second kappa shape index (κ2) is 8.95. The highest BCUT2D eigenvalue weighted by atomic mass is 16.5. The summed E-state index contributed by atoms with van der Waals surface area (Å²) < 4.78 is 5.69. The SMILES string of the molecule is CCCCN(C)CCCOc1ccc(CN)cc1. The van der Waals surface area contributed by atoms with Gasteiger partial charge in [0, 0.05) is 13.1 Å². The second-order valence-electron chi connectivity index (χ2n) is 4.71. The van der Waals surface area contributed by atoms with E-state index in [1.807, 2.05) is 24.3 Å². The summed E-state index contributed by atoms with van der Waals surface area (Å²) in [6.07, 6.45) is 3.60. The Labute approximate surface area is 111 Å². The van der Waals surface area contributed by atoms with E-state index < -0.39 is 0 Å². The van der Waals surface area contributed by atoms with Crippen LogP contribution in [0.1, 0.15) is 31.7 Å². The first-order chi connectivity index (χ1) is 8.76. The highest BCUT2D eigenvalue weighted by Crippen LogP contribution is 2.11. The molecule has 1 rings (SSSR count). The highest BCUT2D eigenvalue weighted by Gasteiger charge is 1.98. The van der Waals surface area contributed by atoms with Crippen molar-refractivity contribution in [2.24, 2.45) is 5.73 Å². The van der Waals surface area contributed by atoms with Gasteiger partial charge in [0.1, 0.15) is 5.75 Å². The standard InChI is InChI=1S/C15H26N2O/c1-3-4-10-17(2)11-5-12-18-15-8-6-14(13-16)7-9-15/h6-9H,3-5,10-13,16H2,1-2H3. The lowest BCUT2D eigenvalue weighted by Crippen LogP contribution is -2.22. The molecule has 0 spiro atoms. The topological polar surface area (TPSA) is 38.5 Å². The predicted octanol–water partition coefficient (Wildman–Crippen LogP) is 2.65. The Hall–Kier alpha value is -1.06. The number of hydrogen-bond acceptors (Lipinski definition) is 3. The third-order valence-corrected chi connectivity index (χ3v) is 3.01. The number of rotatable bonds is 9. The highest BCUT2D eigenvalue weighted by molar-refractivity contribution is 5.26. The van der Waals surface area contributed by atoms with Crippen molar-refractivity contribution in [1.29, 1.82) is 0 Å². The van der Waals surface area contributed by atoms with E-state index in [0.29, 0.717) is 6.54 Å². The molecule has 0 bridgehead atoms. The van der Waals surface area contributed by atoms with E-state index in [4.69, 9.17) is 10.5 Å². The summed E-state index contributed by atoms with van der Waals surface area (Å²) in [4.78, 5) is 2.37. The maximum absolute atomic E-state index is 5.69. The van der Waals surface area contributed by atoms with E-state index in [0.717, 1.165) is 30.9 Å². The summed E-state index contributed by atoms with van der Waals surface area (Å²) in [5, 5.41) is 0. The van der Waals surface area contributed by atoms with E-state index in [9.17, 15) is 0 Å². The van der Waals surface area contributed by atoms with Crippen LogP contribution in [0.5, 0.6) is 5.75 Å². The van der Waals surface area contributed by atoms with Crippen LogP contribution >= 0.6 is 0 Å². The lowest BCUT2D eigenvalue weighted by Gasteiger charge is -2.16. The van der Waals surface area contributed by atoms with Crippen LogP contribution in [0.4, 0.5) is 0 Å². The number of unbranched alkanes of at least 4 members (excludes halogenated alkanes) is 1. The van der Waals surface area contributed by atoms with Gasteiger partial charge in [-0.2, -0.15) is 0 Å². The first-order valence-electron chi connectivity index (χ1n) is 6.86. The molecule has 0 radical (unpaired) electrons. The Kier molecular flexibility index (Phi) is 7.46. The quantitative estimate of drug-likeness (QED) is 0.685. The number of ether oxygens (including phenoxy) is 1. The number of benzene rings is 1. The van der Waals surface area contributed by atoms with Gasteiger partial charge in [-0.1, -0.05) is 25.5 Å². The van der Waals surface area contributed by atoms with Crippen LogP contribution in [0.3, 0.4) is 0 Å². The smallest absolute Gasteiger partial charge is 0.119 e. The fourth-order valence-corrected chi connectivity index (χ4v) is 1.79. The normalized spacial score (nSPS) is 10.9. The minimum Gasteiger partial charge on any atom is -0.494 e. The molecule has 0 atom stereocenters. The molecular weight excluding hydrogens is 224 g/mol. The minimum absolute atomic E-state index is 0.586. The zero-order chi connectivity index (χ0) is 13.2. The summed E-state index contributed by atoms with van der Waals surface area (Å²) in [5.74, 6) is 0.934. The van der Waals surface area contributed by atoms with Crippen LogP contribution in [-0.4, -0.2) is 31.6 Å². The van der Waals surface area contributed by atoms with E-state index in [-0.39, 0.29) is 0 Å². The van der Waals surface area contributed by atoms with Gasteiger partial charge in [-0.15, -0.1) is 0 Å². The Balaban J connectivity index is 2.13. The van der Waals surface area contributed by atoms with Gasteiger partial charge in [-0.3, -0.25) is 0 Å². The van der Waals surface area contributed by atoms with Gasteiger partial charge < -0.3 is 15.4 Å². The van der Waals surface area contributed by atoms with Gasteiger partial charge in [-0.05, 0) is 44.1 Å². The van der Waals surface area contributed by atoms with E-state index in [1.54, 1.807) is 0 Å². The molecule has 2 N–H and O–H groups in total. The second-order valence-corrected chi connectivity index (χ2v) is 4.71. The molecule has 0 heterocycles. The van der Waals surface area contributed by atoms with Gasteiger partial charge in [-0.25, -0.2) is 0 Å². The van der Waals surface area contributed by atoms with Crippen LogP contribution in [0.15, 0.2) is 24.3 Å². The summed E-state index contributed by atoms with van der Waals surface area (Å²) in [6.45, 7) is 5.87. The van der Waals surface area contributed by atoms with Crippen molar-refractivity contribution in [3.05, 3.63) is 29.8 Å². The van der Waals surface area contributed by atoms with Crippen LogP contribution in [0.25, 0.3) is 0 Å². The fraction of sp³-hybridized carbons (Fsp3) is 0.600. The summed E-state index contributed by atoms with van der Waals surface area (Å²) in [6, 6.07) is 8.01. The van der Waals surface area contributed by atoms with Crippen LogP contribution in [0.2, 0.25) is 0 Å². The molecule has 0 aromatic heterocycles. The monoisotopic (exact) mass is 250 g/mol. The van der Waals surface area contributed by atoms with Crippen molar-refractivity contribution in [3.63, 3.8) is 0 Å². The van der Waals surface area contributed by atoms with Crippen LogP contribution in [-0.2, 0) is 6.54 Å². The zero-order valence-electron chi connectivity index (χ0n) is 11.7. The largest absolute Gasteiger partial charge is 0.494 e. The van der Waals surface area contributed by atoms with Crippen LogP contribution < -0.4 is 10.5 Å². The molecule has 1 aromatic rings. The molecule has 0 aliphatic carbocycles. The number of nitrogens with zero attached hydrogens (tertiary/aromatic N) is 1. The minimum atomic E-state index is 0.586. The van der Waals surface area contributed by atoms with Crippen molar-refractivity contribution in [3.8, 4) is 5.75 Å². The van der Waals surface area contributed by atoms with E-state index >= 15 is 0 Å². The first kappa shape index (κ1) is 15.0. The van der Waals surface area contributed by atoms with E-state index in [1.165, 1.54) is 19.4 Å². The predicted molar refractivity (Wildman–Crippen MR) is 76.9 cm³/mol. The van der Waals surface area contributed by atoms with Crippen molar-refractivity contribution in [2.45, 2.75) is 32.7 Å². The lowest BCUT2D eigenvalue weighted by atomic mass is 10.2. The third kappa shape index (κ3) is 6.03.